The number of hydrogen-bond donors (Lipinski definition) is 1. The summed E-state index contributed by atoms with van der Waals surface area (Å²) in [6.45, 7) is 10.7. The molecule has 21 heavy (non-hydrogen) atoms. The topological polar surface area (TPSA) is 15.3 Å². The van der Waals surface area contributed by atoms with Crippen molar-refractivity contribution in [3.05, 3.63) is 60.2 Å². The third-order valence-corrected chi connectivity index (χ3v) is 4.29. The molecule has 1 aliphatic heterocycles. The fourth-order valence-corrected chi connectivity index (χ4v) is 3.20. The molecule has 2 aromatic rings. The number of fused-ring (bicyclic) bond motifs is 1. The first-order chi connectivity index (χ1) is 10.2. The van der Waals surface area contributed by atoms with Crippen molar-refractivity contribution in [2.45, 2.75) is 19.4 Å². The lowest BCUT2D eigenvalue weighted by Crippen LogP contribution is -2.45. The molecule has 3 rings (SSSR count). The van der Waals surface area contributed by atoms with Crippen molar-refractivity contribution in [1.29, 1.82) is 0 Å². The van der Waals surface area contributed by atoms with Crippen LogP contribution in [0.5, 0.6) is 0 Å². The summed E-state index contributed by atoms with van der Waals surface area (Å²) in [6, 6.07) is 15.9. The molecule has 2 aromatic carbocycles. The molecule has 0 aliphatic carbocycles. The first kappa shape index (κ1) is 14.3. The maximum absolute atomic E-state index is 4.14. The molecule has 0 amide bonds. The highest BCUT2D eigenvalue weighted by molar-refractivity contribution is 5.83. The van der Waals surface area contributed by atoms with E-state index in [9.17, 15) is 0 Å². The zero-order valence-corrected chi connectivity index (χ0v) is 12.8. The average molecular weight is 280 g/mol. The van der Waals surface area contributed by atoms with Crippen molar-refractivity contribution >= 4 is 10.8 Å². The van der Waals surface area contributed by atoms with E-state index in [1.807, 2.05) is 0 Å². The van der Waals surface area contributed by atoms with E-state index in [1.165, 1.54) is 21.9 Å². The average Bonchev–Trinajstić information content (AvgIpc) is 2.53. The van der Waals surface area contributed by atoms with E-state index in [0.717, 1.165) is 32.6 Å². The smallest absolute Gasteiger partial charge is 0.0386 e. The van der Waals surface area contributed by atoms with Crippen LogP contribution in [0.1, 0.15) is 24.9 Å². The standard InChI is InChI=1S/C19H24N2/c1-15(2)13-19(21-11-9-20-10-12-21)18-8-7-16-5-3-4-6-17(16)14-18/h3-8,14,19-20H,1,9-13H2,2H3/t19-/m0/s1. The van der Waals surface area contributed by atoms with Gasteiger partial charge in [0.1, 0.15) is 0 Å². The molecule has 2 nitrogen and oxygen atoms in total. The number of nitrogens with one attached hydrogen (secondary N) is 1. The highest BCUT2D eigenvalue weighted by atomic mass is 15.2. The molecular formula is C19H24N2. The SMILES string of the molecule is C=C(C)C[C@@H](c1ccc2ccccc2c1)N1CCNCC1. The minimum Gasteiger partial charge on any atom is -0.314 e. The van der Waals surface area contributed by atoms with Crippen LogP contribution in [0.3, 0.4) is 0 Å². The molecule has 2 heteroatoms. The summed E-state index contributed by atoms with van der Waals surface area (Å²) in [5, 5.41) is 6.09. The maximum Gasteiger partial charge on any atom is 0.0386 e. The fraction of sp³-hybridized carbons (Fsp3) is 0.368. The molecule has 110 valence electrons. The predicted molar refractivity (Wildman–Crippen MR) is 90.6 cm³/mol. The summed E-state index contributed by atoms with van der Waals surface area (Å²) in [7, 11) is 0. The highest BCUT2D eigenvalue weighted by Gasteiger charge is 2.22. The third kappa shape index (κ3) is 3.34. The summed E-state index contributed by atoms with van der Waals surface area (Å²) >= 11 is 0. The molecule has 0 spiro atoms. The lowest BCUT2D eigenvalue weighted by Gasteiger charge is -2.35. The van der Waals surface area contributed by atoms with Crippen LogP contribution in [0.2, 0.25) is 0 Å². The molecule has 1 N–H and O–H groups in total. The van der Waals surface area contributed by atoms with Crippen LogP contribution >= 0.6 is 0 Å². The van der Waals surface area contributed by atoms with Gasteiger partial charge in [0.25, 0.3) is 0 Å². The summed E-state index contributed by atoms with van der Waals surface area (Å²) < 4.78 is 0. The Morgan fingerprint density at radius 3 is 2.57 bits per heavy atom. The van der Waals surface area contributed by atoms with Crippen molar-refractivity contribution in [1.82, 2.24) is 10.2 Å². The molecule has 0 saturated carbocycles. The van der Waals surface area contributed by atoms with Crippen LogP contribution in [0.25, 0.3) is 10.8 Å². The van der Waals surface area contributed by atoms with Gasteiger partial charge in [-0.05, 0) is 35.7 Å². The molecule has 0 unspecified atom stereocenters. The largest absolute Gasteiger partial charge is 0.314 e. The van der Waals surface area contributed by atoms with Gasteiger partial charge in [-0.3, -0.25) is 4.90 Å². The van der Waals surface area contributed by atoms with Gasteiger partial charge in [-0.1, -0.05) is 42.0 Å². The van der Waals surface area contributed by atoms with Crippen LogP contribution < -0.4 is 5.32 Å². The maximum atomic E-state index is 4.14. The zero-order chi connectivity index (χ0) is 14.7. The van der Waals surface area contributed by atoms with E-state index in [2.05, 4.69) is 66.2 Å². The van der Waals surface area contributed by atoms with Crippen molar-refractivity contribution in [2.24, 2.45) is 0 Å². The second kappa shape index (κ2) is 6.42. The zero-order valence-electron chi connectivity index (χ0n) is 12.8. The van der Waals surface area contributed by atoms with E-state index < -0.39 is 0 Å². The fourth-order valence-electron chi connectivity index (χ4n) is 3.20. The number of hydrogen-bond acceptors (Lipinski definition) is 2. The van der Waals surface area contributed by atoms with Crippen LogP contribution in [0, 0.1) is 0 Å². The van der Waals surface area contributed by atoms with Gasteiger partial charge in [-0.25, -0.2) is 0 Å². The second-order valence-electron chi connectivity index (χ2n) is 6.07. The van der Waals surface area contributed by atoms with Crippen LogP contribution in [-0.4, -0.2) is 31.1 Å². The van der Waals surface area contributed by atoms with Gasteiger partial charge < -0.3 is 5.32 Å². The van der Waals surface area contributed by atoms with Crippen LogP contribution in [0.15, 0.2) is 54.6 Å². The molecule has 0 bridgehead atoms. The van der Waals surface area contributed by atoms with Crippen LogP contribution in [-0.2, 0) is 0 Å². The minimum absolute atomic E-state index is 0.453. The Morgan fingerprint density at radius 1 is 1.14 bits per heavy atom. The highest BCUT2D eigenvalue weighted by Crippen LogP contribution is 2.29. The van der Waals surface area contributed by atoms with Crippen molar-refractivity contribution in [3.8, 4) is 0 Å². The molecule has 1 atom stereocenters. The Labute approximate surface area is 127 Å². The summed E-state index contributed by atoms with van der Waals surface area (Å²) in [6.07, 6.45) is 1.04. The first-order valence-corrected chi connectivity index (χ1v) is 7.82. The van der Waals surface area contributed by atoms with E-state index >= 15 is 0 Å². The number of nitrogens with zero attached hydrogens (tertiary/aromatic N) is 1. The molecule has 1 aliphatic rings. The third-order valence-electron chi connectivity index (χ3n) is 4.29. The minimum atomic E-state index is 0.453. The lowest BCUT2D eigenvalue weighted by molar-refractivity contribution is 0.172. The molecular weight excluding hydrogens is 256 g/mol. The van der Waals surface area contributed by atoms with Gasteiger partial charge in [0.05, 0.1) is 0 Å². The Kier molecular flexibility index (Phi) is 4.37. The van der Waals surface area contributed by atoms with Crippen molar-refractivity contribution < 1.29 is 0 Å². The Morgan fingerprint density at radius 2 is 1.86 bits per heavy atom. The Balaban J connectivity index is 1.94. The molecule has 1 saturated heterocycles. The Hall–Kier alpha value is -1.64. The Bertz CT molecular complexity index is 626. The predicted octanol–water partition coefficient (Wildman–Crippen LogP) is 3.75. The second-order valence-corrected chi connectivity index (χ2v) is 6.07. The van der Waals surface area contributed by atoms with E-state index in [0.29, 0.717) is 6.04 Å². The monoisotopic (exact) mass is 280 g/mol. The summed E-state index contributed by atoms with van der Waals surface area (Å²) in [4.78, 5) is 2.59. The van der Waals surface area contributed by atoms with Gasteiger partial charge in [-0.15, -0.1) is 6.58 Å². The molecule has 0 aromatic heterocycles. The van der Waals surface area contributed by atoms with Gasteiger partial charge >= 0.3 is 0 Å². The first-order valence-electron chi connectivity index (χ1n) is 7.82. The lowest BCUT2D eigenvalue weighted by atomic mass is 9.95. The quantitative estimate of drug-likeness (QED) is 0.858. The van der Waals surface area contributed by atoms with Gasteiger partial charge in [0, 0.05) is 32.2 Å². The van der Waals surface area contributed by atoms with Gasteiger partial charge in [0.2, 0.25) is 0 Å². The summed E-state index contributed by atoms with van der Waals surface area (Å²) in [5.41, 5.74) is 2.67. The molecule has 1 fully saturated rings. The molecule has 0 radical (unpaired) electrons. The molecule has 1 heterocycles. The number of benzene rings is 2. The normalized spacial score (nSPS) is 17.8. The van der Waals surface area contributed by atoms with Gasteiger partial charge in [-0.2, -0.15) is 0 Å². The van der Waals surface area contributed by atoms with E-state index in [4.69, 9.17) is 0 Å². The number of piperazine rings is 1. The van der Waals surface area contributed by atoms with Crippen molar-refractivity contribution in [3.63, 3.8) is 0 Å². The van der Waals surface area contributed by atoms with Gasteiger partial charge in [0.15, 0.2) is 0 Å². The van der Waals surface area contributed by atoms with Crippen LogP contribution in [0.4, 0.5) is 0 Å². The van der Waals surface area contributed by atoms with Crippen molar-refractivity contribution in [2.75, 3.05) is 26.2 Å². The van der Waals surface area contributed by atoms with E-state index in [-0.39, 0.29) is 0 Å². The summed E-state index contributed by atoms with van der Waals surface area (Å²) in [5.74, 6) is 0. The number of rotatable bonds is 4. The van der Waals surface area contributed by atoms with E-state index in [1.54, 1.807) is 0 Å².